The van der Waals surface area contributed by atoms with E-state index in [2.05, 4.69) is 17.6 Å². The van der Waals surface area contributed by atoms with Gasteiger partial charge in [-0.05, 0) is 32.2 Å². The van der Waals surface area contributed by atoms with E-state index in [9.17, 15) is 14.4 Å². The van der Waals surface area contributed by atoms with Crippen molar-refractivity contribution in [1.82, 2.24) is 10.6 Å². The van der Waals surface area contributed by atoms with Gasteiger partial charge in [-0.15, -0.1) is 0 Å². The van der Waals surface area contributed by atoms with Gasteiger partial charge in [0.05, 0.1) is 6.54 Å². The Labute approximate surface area is 163 Å². The lowest BCUT2D eigenvalue weighted by atomic mass is 10.1. The molecular weight excluding hydrogens is 346 g/mol. The maximum absolute atomic E-state index is 11.8. The van der Waals surface area contributed by atoms with Crippen LogP contribution < -0.4 is 16.4 Å². The molecule has 0 aliphatic heterocycles. The second-order valence-electron chi connectivity index (χ2n) is 7.10. The molecule has 7 heteroatoms. The number of rotatable bonds is 18. The molecular formula is C20H39N3O4. The van der Waals surface area contributed by atoms with Crippen molar-refractivity contribution in [3.63, 3.8) is 0 Å². The van der Waals surface area contributed by atoms with Crippen molar-refractivity contribution in [1.29, 1.82) is 0 Å². The molecule has 0 unspecified atom stereocenters. The summed E-state index contributed by atoms with van der Waals surface area (Å²) in [7, 11) is 0. The number of carboxylic acids is 1. The molecule has 1 atom stereocenters. The van der Waals surface area contributed by atoms with Gasteiger partial charge >= 0.3 is 5.97 Å². The van der Waals surface area contributed by atoms with Crippen LogP contribution in [-0.2, 0) is 14.4 Å². The zero-order valence-corrected chi connectivity index (χ0v) is 16.9. The van der Waals surface area contributed by atoms with E-state index in [1.165, 1.54) is 38.5 Å². The zero-order valence-electron chi connectivity index (χ0n) is 16.9. The average molecular weight is 386 g/mol. The molecule has 0 aliphatic rings. The predicted molar refractivity (Wildman–Crippen MR) is 107 cm³/mol. The molecule has 0 saturated heterocycles. The van der Waals surface area contributed by atoms with Crippen molar-refractivity contribution in [3.05, 3.63) is 0 Å². The van der Waals surface area contributed by atoms with Crippen molar-refractivity contribution < 1.29 is 19.5 Å². The van der Waals surface area contributed by atoms with Crippen LogP contribution in [0, 0.1) is 0 Å². The van der Waals surface area contributed by atoms with Gasteiger partial charge in [0, 0.05) is 6.42 Å². The first kappa shape index (κ1) is 25.4. The number of hydrogen-bond donors (Lipinski definition) is 4. The third kappa shape index (κ3) is 16.3. The number of amides is 2. The quantitative estimate of drug-likeness (QED) is 0.270. The van der Waals surface area contributed by atoms with Crippen molar-refractivity contribution in [2.75, 3.05) is 13.1 Å². The number of nitrogens with one attached hydrogen (secondary N) is 2. The molecule has 27 heavy (non-hydrogen) atoms. The third-order valence-corrected chi connectivity index (χ3v) is 4.53. The Balaban J connectivity index is 3.72. The minimum Gasteiger partial charge on any atom is -0.480 e. The van der Waals surface area contributed by atoms with Crippen LogP contribution in [0.3, 0.4) is 0 Å². The number of hydrogen-bond acceptors (Lipinski definition) is 4. The number of carboxylic acid groups (broad SMARTS) is 1. The van der Waals surface area contributed by atoms with Crippen molar-refractivity contribution >= 4 is 17.8 Å². The van der Waals surface area contributed by atoms with E-state index < -0.39 is 17.9 Å². The van der Waals surface area contributed by atoms with E-state index in [0.29, 0.717) is 25.8 Å². The molecule has 0 aromatic heterocycles. The first-order valence-electron chi connectivity index (χ1n) is 10.5. The largest absolute Gasteiger partial charge is 0.480 e. The maximum atomic E-state index is 11.8. The minimum atomic E-state index is -1.07. The highest BCUT2D eigenvalue weighted by atomic mass is 16.4. The Morgan fingerprint density at radius 3 is 2.00 bits per heavy atom. The van der Waals surface area contributed by atoms with Crippen LogP contribution in [0.25, 0.3) is 0 Å². The summed E-state index contributed by atoms with van der Waals surface area (Å²) in [4.78, 5) is 34.7. The van der Waals surface area contributed by atoms with Gasteiger partial charge in [-0.3, -0.25) is 9.59 Å². The van der Waals surface area contributed by atoms with Gasteiger partial charge in [0.25, 0.3) is 0 Å². The summed E-state index contributed by atoms with van der Waals surface area (Å²) < 4.78 is 0. The molecule has 158 valence electrons. The van der Waals surface area contributed by atoms with Gasteiger partial charge in [-0.2, -0.15) is 0 Å². The van der Waals surface area contributed by atoms with E-state index in [1.807, 2.05) is 0 Å². The fraction of sp³-hybridized carbons (Fsp3) is 0.850. The zero-order chi connectivity index (χ0) is 20.3. The summed E-state index contributed by atoms with van der Waals surface area (Å²) in [6, 6.07) is -0.932. The predicted octanol–water partition coefficient (Wildman–Crippen LogP) is 2.72. The molecule has 0 saturated carbocycles. The molecule has 2 amide bonds. The van der Waals surface area contributed by atoms with Crippen molar-refractivity contribution in [3.8, 4) is 0 Å². The van der Waals surface area contributed by atoms with Crippen LogP contribution in [0.4, 0.5) is 0 Å². The van der Waals surface area contributed by atoms with Gasteiger partial charge in [0.15, 0.2) is 0 Å². The lowest BCUT2D eigenvalue weighted by Gasteiger charge is -2.14. The fourth-order valence-corrected chi connectivity index (χ4v) is 2.86. The van der Waals surface area contributed by atoms with Gasteiger partial charge < -0.3 is 21.5 Å². The fourth-order valence-electron chi connectivity index (χ4n) is 2.86. The molecule has 0 rings (SSSR count). The van der Waals surface area contributed by atoms with Crippen molar-refractivity contribution in [2.24, 2.45) is 5.73 Å². The van der Waals surface area contributed by atoms with Crippen LogP contribution in [0.1, 0.15) is 90.4 Å². The third-order valence-electron chi connectivity index (χ3n) is 4.53. The number of carbonyl (C=O) groups excluding carboxylic acids is 2. The first-order valence-corrected chi connectivity index (χ1v) is 10.5. The molecule has 7 nitrogen and oxygen atoms in total. The lowest BCUT2D eigenvalue weighted by molar-refractivity contribution is -0.142. The molecule has 0 spiro atoms. The Morgan fingerprint density at radius 1 is 0.852 bits per heavy atom. The number of nitrogens with two attached hydrogens (primary N) is 1. The SMILES string of the molecule is CCCCCCCCCCCC(=O)NCC(=O)N[C@@H](CCCCN)C(=O)O. The van der Waals surface area contributed by atoms with Crippen LogP contribution in [-0.4, -0.2) is 42.0 Å². The maximum Gasteiger partial charge on any atom is 0.326 e. The second-order valence-corrected chi connectivity index (χ2v) is 7.10. The van der Waals surface area contributed by atoms with Crippen LogP contribution in [0.2, 0.25) is 0 Å². The molecule has 0 radical (unpaired) electrons. The topological polar surface area (TPSA) is 122 Å². The molecule has 0 aliphatic carbocycles. The van der Waals surface area contributed by atoms with E-state index in [0.717, 1.165) is 25.7 Å². The van der Waals surface area contributed by atoms with Gasteiger partial charge in [0.1, 0.15) is 6.04 Å². The van der Waals surface area contributed by atoms with Gasteiger partial charge in [-0.1, -0.05) is 58.3 Å². The highest BCUT2D eigenvalue weighted by Crippen LogP contribution is 2.10. The highest BCUT2D eigenvalue weighted by Gasteiger charge is 2.19. The standard InChI is InChI=1S/C20H39N3O4/c1-2-3-4-5-6-7-8-9-10-14-18(24)22-16-19(25)23-17(20(26)27)13-11-12-15-21/h17H,2-16,21H2,1H3,(H,22,24)(H,23,25)(H,26,27)/t17-/m0/s1. The summed E-state index contributed by atoms with van der Waals surface area (Å²) in [6.45, 7) is 2.52. The van der Waals surface area contributed by atoms with Crippen LogP contribution in [0.15, 0.2) is 0 Å². The lowest BCUT2D eigenvalue weighted by Crippen LogP contribution is -2.45. The van der Waals surface area contributed by atoms with E-state index in [4.69, 9.17) is 10.8 Å². The highest BCUT2D eigenvalue weighted by molar-refractivity contribution is 5.87. The summed E-state index contributed by atoms with van der Waals surface area (Å²) in [5.74, 6) is -1.71. The molecule has 5 N–H and O–H groups in total. The normalized spacial score (nSPS) is 11.8. The number of unbranched alkanes of at least 4 members (excludes halogenated alkanes) is 9. The van der Waals surface area contributed by atoms with Crippen LogP contribution >= 0.6 is 0 Å². The van der Waals surface area contributed by atoms with Crippen molar-refractivity contribution in [2.45, 2.75) is 96.4 Å². The molecule has 0 aromatic carbocycles. The second kappa shape index (κ2) is 17.8. The summed E-state index contributed by atoms with van der Waals surface area (Å²) in [5.41, 5.74) is 5.38. The number of carbonyl (C=O) groups is 3. The van der Waals surface area contributed by atoms with E-state index in [1.54, 1.807) is 0 Å². The Morgan fingerprint density at radius 2 is 1.44 bits per heavy atom. The Bertz CT molecular complexity index is 416. The first-order chi connectivity index (χ1) is 13.0. The number of aliphatic carboxylic acids is 1. The summed E-state index contributed by atoms with van der Waals surface area (Å²) in [6.07, 6.45) is 12.8. The smallest absolute Gasteiger partial charge is 0.326 e. The van der Waals surface area contributed by atoms with E-state index in [-0.39, 0.29) is 12.5 Å². The molecule has 0 bridgehead atoms. The molecule has 0 heterocycles. The monoisotopic (exact) mass is 385 g/mol. The van der Waals surface area contributed by atoms with Crippen LogP contribution in [0.5, 0.6) is 0 Å². The minimum absolute atomic E-state index is 0.164. The van der Waals surface area contributed by atoms with Gasteiger partial charge in [0.2, 0.25) is 11.8 Å². The Hall–Kier alpha value is -1.63. The van der Waals surface area contributed by atoms with Gasteiger partial charge in [-0.25, -0.2) is 4.79 Å². The average Bonchev–Trinajstić information content (AvgIpc) is 2.64. The summed E-state index contributed by atoms with van der Waals surface area (Å²) >= 11 is 0. The molecule has 0 aromatic rings. The van der Waals surface area contributed by atoms with E-state index >= 15 is 0 Å². The summed E-state index contributed by atoms with van der Waals surface area (Å²) in [5, 5.41) is 14.1. The molecule has 0 fully saturated rings. The Kier molecular flexibility index (Phi) is 16.7.